The van der Waals surface area contributed by atoms with Crippen LogP contribution in [0.25, 0.3) is 0 Å². The quantitative estimate of drug-likeness (QED) is 0.490. The van der Waals surface area contributed by atoms with Gasteiger partial charge >= 0.3 is 11.9 Å². The molecule has 0 rings (SSSR count). The van der Waals surface area contributed by atoms with Gasteiger partial charge in [-0.1, -0.05) is 13.3 Å². The first-order valence-electron chi connectivity index (χ1n) is 8.17. The second kappa shape index (κ2) is 13.9. The van der Waals surface area contributed by atoms with Crippen molar-refractivity contribution >= 4 is 11.9 Å². The molecule has 21 heavy (non-hydrogen) atoms. The average Bonchev–Trinajstić information content (AvgIpc) is 2.44. The number of hydrogen-bond acceptors (Lipinski definition) is 5. The summed E-state index contributed by atoms with van der Waals surface area (Å²) in [7, 11) is 0. The number of carbonyl (C=O) groups excluding carboxylic acids is 2. The van der Waals surface area contributed by atoms with Gasteiger partial charge < -0.3 is 14.4 Å². The fourth-order valence-electron chi connectivity index (χ4n) is 2.08. The lowest BCUT2D eigenvalue weighted by Gasteiger charge is -2.21. The van der Waals surface area contributed by atoms with Crippen LogP contribution in [0.2, 0.25) is 0 Å². The lowest BCUT2D eigenvalue weighted by atomic mass is 10.2. The van der Waals surface area contributed by atoms with Crippen LogP contribution in [0.4, 0.5) is 0 Å². The van der Waals surface area contributed by atoms with Crippen molar-refractivity contribution in [2.45, 2.75) is 59.3 Å². The number of unbranched alkanes of at least 4 members (excludes halogenated alkanes) is 1. The van der Waals surface area contributed by atoms with Crippen molar-refractivity contribution in [1.82, 2.24) is 4.90 Å². The fraction of sp³-hybridized carbons (Fsp3) is 0.875. The van der Waals surface area contributed by atoms with Crippen molar-refractivity contribution in [1.29, 1.82) is 0 Å². The summed E-state index contributed by atoms with van der Waals surface area (Å²) in [6.07, 6.45) is 4.83. The Morgan fingerprint density at radius 2 is 1.19 bits per heavy atom. The number of esters is 2. The topological polar surface area (TPSA) is 55.8 Å². The summed E-state index contributed by atoms with van der Waals surface area (Å²) in [5.41, 5.74) is 0. The van der Waals surface area contributed by atoms with E-state index in [1.807, 2.05) is 13.8 Å². The molecule has 0 unspecified atom stereocenters. The van der Waals surface area contributed by atoms with E-state index in [1.165, 1.54) is 0 Å². The molecule has 0 spiro atoms. The summed E-state index contributed by atoms with van der Waals surface area (Å²) in [5, 5.41) is 0. The van der Waals surface area contributed by atoms with Crippen LogP contribution < -0.4 is 0 Å². The van der Waals surface area contributed by atoms with E-state index in [-0.39, 0.29) is 11.9 Å². The standard InChI is InChI=1S/C16H31NO4/c1-4-7-12-17(13-8-10-15(18)20-5-2)14-9-11-16(19)21-6-3/h4-14H2,1-3H3. The molecule has 0 amide bonds. The van der Waals surface area contributed by atoms with Gasteiger partial charge in [-0.3, -0.25) is 9.59 Å². The van der Waals surface area contributed by atoms with Crippen LogP contribution in [-0.2, 0) is 19.1 Å². The molecule has 0 aromatic heterocycles. The third-order valence-electron chi connectivity index (χ3n) is 3.15. The molecule has 0 N–H and O–H groups in total. The van der Waals surface area contributed by atoms with Crippen LogP contribution in [0.1, 0.15) is 59.3 Å². The zero-order chi connectivity index (χ0) is 15.9. The van der Waals surface area contributed by atoms with Gasteiger partial charge in [-0.15, -0.1) is 0 Å². The molecule has 0 saturated heterocycles. The van der Waals surface area contributed by atoms with Crippen molar-refractivity contribution in [2.75, 3.05) is 32.8 Å². The van der Waals surface area contributed by atoms with Crippen LogP contribution >= 0.6 is 0 Å². The van der Waals surface area contributed by atoms with E-state index >= 15 is 0 Å². The molecule has 0 saturated carbocycles. The molecule has 0 radical (unpaired) electrons. The molecular weight excluding hydrogens is 270 g/mol. The Labute approximate surface area is 129 Å². The van der Waals surface area contributed by atoms with E-state index in [4.69, 9.17) is 9.47 Å². The van der Waals surface area contributed by atoms with E-state index in [9.17, 15) is 9.59 Å². The highest BCUT2D eigenvalue weighted by Gasteiger charge is 2.09. The molecule has 124 valence electrons. The van der Waals surface area contributed by atoms with Gasteiger partial charge in [0.05, 0.1) is 13.2 Å². The lowest BCUT2D eigenvalue weighted by molar-refractivity contribution is -0.144. The Hall–Kier alpha value is -1.10. The predicted molar refractivity (Wildman–Crippen MR) is 83.1 cm³/mol. The molecule has 0 aromatic rings. The van der Waals surface area contributed by atoms with E-state index in [1.54, 1.807) is 0 Å². The van der Waals surface area contributed by atoms with Gasteiger partial charge in [0.2, 0.25) is 0 Å². The molecule has 0 aliphatic heterocycles. The Bertz CT molecular complexity index is 257. The fourth-order valence-corrected chi connectivity index (χ4v) is 2.08. The van der Waals surface area contributed by atoms with E-state index < -0.39 is 0 Å². The van der Waals surface area contributed by atoms with Gasteiger partial charge in [-0.25, -0.2) is 0 Å². The molecule has 0 aliphatic carbocycles. The minimum absolute atomic E-state index is 0.125. The average molecular weight is 301 g/mol. The smallest absolute Gasteiger partial charge is 0.305 e. The van der Waals surface area contributed by atoms with E-state index in [0.29, 0.717) is 26.1 Å². The summed E-state index contributed by atoms with van der Waals surface area (Å²) in [6.45, 7) is 9.46. The number of hydrogen-bond donors (Lipinski definition) is 0. The number of rotatable bonds is 13. The third kappa shape index (κ3) is 12.4. The number of nitrogens with zero attached hydrogens (tertiary/aromatic N) is 1. The van der Waals surface area contributed by atoms with Crippen LogP contribution in [0.15, 0.2) is 0 Å². The van der Waals surface area contributed by atoms with Gasteiger partial charge in [0.1, 0.15) is 0 Å². The molecule has 0 aromatic carbocycles. The van der Waals surface area contributed by atoms with Crippen LogP contribution in [0.5, 0.6) is 0 Å². The summed E-state index contributed by atoms with van der Waals surface area (Å²) >= 11 is 0. The van der Waals surface area contributed by atoms with Crippen molar-refractivity contribution in [3.05, 3.63) is 0 Å². The minimum Gasteiger partial charge on any atom is -0.466 e. The van der Waals surface area contributed by atoms with Gasteiger partial charge in [-0.05, 0) is 52.7 Å². The van der Waals surface area contributed by atoms with Gasteiger partial charge in [0, 0.05) is 12.8 Å². The predicted octanol–water partition coefficient (Wildman–Crippen LogP) is 2.78. The molecule has 5 nitrogen and oxygen atoms in total. The zero-order valence-corrected chi connectivity index (χ0v) is 13.9. The Kier molecular flexibility index (Phi) is 13.1. The van der Waals surface area contributed by atoms with E-state index in [2.05, 4.69) is 11.8 Å². The Morgan fingerprint density at radius 3 is 1.57 bits per heavy atom. The second-order valence-electron chi connectivity index (χ2n) is 5.01. The molecule has 0 fully saturated rings. The van der Waals surface area contributed by atoms with Gasteiger partial charge in [0.15, 0.2) is 0 Å². The van der Waals surface area contributed by atoms with Crippen molar-refractivity contribution < 1.29 is 19.1 Å². The summed E-state index contributed by atoms with van der Waals surface area (Å²) in [4.78, 5) is 24.9. The maximum absolute atomic E-state index is 11.3. The summed E-state index contributed by atoms with van der Waals surface area (Å²) < 4.78 is 9.85. The van der Waals surface area contributed by atoms with Crippen LogP contribution in [0.3, 0.4) is 0 Å². The first-order valence-corrected chi connectivity index (χ1v) is 8.17. The summed E-state index contributed by atoms with van der Waals surface area (Å²) in [5.74, 6) is -0.251. The molecule has 5 heteroatoms. The highest BCUT2D eigenvalue weighted by Crippen LogP contribution is 2.04. The molecule has 0 atom stereocenters. The molecule has 0 aliphatic rings. The SMILES string of the molecule is CCCCN(CCCC(=O)OCC)CCCC(=O)OCC. The monoisotopic (exact) mass is 301 g/mol. The Balaban J connectivity index is 3.90. The van der Waals surface area contributed by atoms with Crippen molar-refractivity contribution in [3.8, 4) is 0 Å². The third-order valence-corrected chi connectivity index (χ3v) is 3.15. The highest BCUT2D eigenvalue weighted by atomic mass is 16.5. The molecular formula is C16H31NO4. The number of ether oxygens (including phenoxy) is 2. The number of carbonyl (C=O) groups is 2. The maximum atomic E-state index is 11.3. The maximum Gasteiger partial charge on any atom is 0.305 e. The minimum atomic E-state index is -0.125. The van der Waals surface area contributed by atoms with Crippen LogP contribution in [-0.4, -0.2) is 49.7 Å². The van der Waals surface area contributed by atoms with Crippen LogP contribution in [0, 0.1) is 0 Å². The zero-order valence-electron chi connectivity index (χ0n) is 13.9. The van der Waals surface area contributed by atoms with E-state index in [0.717, 1.165) is 45.3 Å². The highest BCUT2D eigenvalue weighted by molar-refractivity contribution is 5.69. The van der Waals surface area contributed by atoms with Gasteiger partial charge in [0.25, 0.3) is 0 Å². The lowest BCUT2D eigenvalue weighted by Crippen LogP contribution is -2.28. The Morgan fingerprint density at radius 1 is 0.762 bits per heavy atom. The van der Waals surface area contributed by atoms with Crippen molar-refractivity contribution in [3.63, 3.8) is 0 Å². The molecule has 0 heterocycles. The first-order chi connectivity index (χ1) is 10.1. The normalized spacial score (nSPS) is 10.7. The largest absolute Gasteiger partial charge is 0.466 e. The van der Waals surface area contributed by atoms with Gasteiger partial charge in [-0.2, -0.15) is 0 Å². The van der Waals surface area contributed by atoms with Crippen molar-refractivity contribution in [2.24, 2.45) is 0 Å². The summed E-state index contributed by atoms with van der Waals surface area (Å²) in [6, 6.07) is 0. The second-order valence-corrected chi connectivity index (χ2v) is 5.01. The first kappa shape index (κ1) is 19.9. The molecule has 0 bridgehead atoms.